The van der Waals surface area contributed by atoms with Gasteiger partial charge in [0.1, 0.15) is 16.5 Å². The van der Waals surface area contributed by atoms with E-state index in [0.29, 0.717) is 22.9 Å². The third kappa shape index (κ3) is 5.61. The van der Waals surface area contributed by atoms with Crippen molar-refractivity contribution in [2.24, 2.45) is 0 Å². The van der Waals surface area contributed by atoms with Gasteiger partial charge in [0.25, 0.3) is 5.91 Å². The van der Waals surface area contributed by atoms with Gasteiger partial charge in [0.15, 0.2) is 0 Å². The number of aromatic nitrogens is 2. The molecule has 0 saturated carbocycles. The lowest BCUT2D eigenvalue weighted by Crippen LogP contribution is -2.34. The monoisotopic (exact) mass is 426 g/mol. The van der Waals surface area contributed by atoms with Crippen molar-refractivity contribution in [2.45, 2.75) is 23.7 Å². The van der Waals surface area contributed by atoms with Crippen LogP contribution in [0.2, 0.25) is 0 Å². The van der Waals surface area contributed by atoms with E-state index in [-0.39, 0.29) is 11.9 Å². The molecule has 1 aromatic carbocycles. The first-order chi connectivity index (χ1) is 14.5. The van der Waals surface area contributed by atoms with E-state index < -0.39 is 0 Å². The van der Waals surface area contributed by atoms with Gasteiger partial charge < -0.3 is 19.5 Å². The summed E-state index contributed by atoms with van der Waals surface area (Å²) in [6, 6.07) is 13.3. The molecular weight excluding hydrogens is 400 g/mol. The van der Waals surface area contributed by atoms with Crippen LogP contribution >= 0.6 is 11.8 Å². The van der Waals surface area contributed by atoms with Crippen molar-refractivity contribution in [3.05, 3.63) is 71.2 Å². The quantitative estimate of drug-likeness (QED) is 0.523. The molecule has 7 nitrogen and oxygen atoms in total. The maximum atomic E-state index is 12.9. The van der Waals surface area contributed by atoms with Crippen LogP contribution in [-0.4, -0.2) is 48.7 Å². The van der Waals surface area contributed by atoms with Crippen LogP contribution in [0.15, 0.2) is 58.2 Å². The highest BCUT2D eigenvalue weighted by Crippen LogP contribution is 2.25. The maximum absolute atomic E-state index is 12.9. The molecule has 1 N–H and O–H groups in total. The number of ether oxygens (including phenoxy) is 1. The molecule has 0 spiro atoms. The molecule has 0 saturated heterocycles. The highest BCUT2D eigenvalue weighted by molar-refractivity contribution is 7.98. The van der Waals surface area contributed by atoms with Crippen LogP contribution in [0.5, 0.6) is 5.75 Å². The van der Waals surface area contributed by atoms with Crippen molar-refractivity contribution >= 4 is 17.7 Å². The Labute approximate surface area is 180 Å². The number of thioether (sulfide) groups is 1. The number of carbonyl (C=O) groups is 1. The van der Waals surface area contributed by atoms with E-state index in [4.69, 9.17) is 9.26 Å². The smallest absolute Gasteiger partial charge is 0.254 e. The molecule has 2 aromatic heterocycles. The summed E-state index contributed by atoms with van der Waals surface area (Å²) in [6.07, 6.45) is 1.69. The van der Waals surface area contributed by atoms with Crippen molar-refractivity contribution in [3.8, 4) is 5.75 Å². The van der Waals surface area contributed by atoms with Crippen LogP contribution < -0.4 is 10.1 Å². The predicted molar refractivity (Wildman–Crippen MR) is 117 cm³/mol. The number of rotatable bonds is 9. The summed E-state index contributed by atoms with van der Waals surface area (Å²) in [5, 5.41) is 7.71. The summed E-state index contributed by atoms with van der Waals surface area (Å²) in [5.74, 6) is 1.98. The minimum Gasteiger partial charge on any atom is -0.497 e. The van der Waals surface area contributed by atoms with Gasteiger partial charge in [-0.15, -0.1) is 0 Å². The van der Waals surface area contributed by atoms with E-state index in [1.165, 1.54) is 11.8 Å². The largest absolute Gasteiger partial charge is 0.497 e. The summed E-state index contributed by atoms with van der Waals surface area (Å²) < 4.78 is 10.4. The van der Waals surface area contributed by atoms with E-state index in [1.807, 2.05) is 51.4 Å². The average Bonchev–Trinajstić information content (AvgIpc) is 3.17. The first-order valence-corrected chi connectivity index (χ1v) is 10.5. The van der Waals surface area contributed by atoms with Gasteiger partial charge >= 0.3 is 0 Å². The predicted octanol–water partition coefficient (Wildman–Crippen LogP) is 3.71. The molecule has 2 heterocycles. The lowest BCUT2D eigenvalue weighted by molar-refractivity contribution is 0.0938. The van der Waals surface area contributed by atoms with Crippen molar-refractivity contribution in [2.75, 3.05) is 27.7 Å². The average molecular weight is 427 g/mol. The number of likely N-dealkylation sites (N-methyl/N-ethyl adjacent to an activating group) is 1. The van der Waals surface area contributed by atoms with Gasteiger partial charge in [-0.3, -0.25) is 4.79 Å². The third-order valence-electron chi connectivity index (χ3n) is 4.61. The molecule has 3 rings (SSSR count). The van der Waals surface area contributed by atoms with Gasteiger partial charge in [-0.2, -0.15) is 0 Å². The summed E-state index contributed by atoms with van der Waals surface area (Å²) in [5.41, 5.74) is 2.44. The number of pyridine rings is 1. The van der Waals surface area contributed by atoms with E-state index in [0.717, 1.165) is 22.8 Å². The Morgan fingerprint density at radius 1 is 1.27 bits per heavy atom. The van der Waals surface area contributed by atoms with Gasteiger partial charge in [-0.25, -0.2) is 4.98 Å². The lowest BCUT2D eigenvalue weighted by Gasteiger charge is -2.25. The lowest BCUT2D eigenvalue weighted by atomic mass is 10.1. The fourth-order valence-electron chi connectivity index (χ4n) is 3.04. The molecule has 0 fully saturated rings. The maximum Gasteiger partial charge on any atom is 0.254 e. The molecule has 0 aliphatic heterocycles. The van der Waals surface area contributed by atoms with Crippen LogP contribution in [0, 0.1) is 6.92 Å². The molecule has 0 aliphatic rings. The second-order valence-electron chi connectivity index (χ2n) is 7.04. The third-order valence-corrected chi connectivity index (χ3v) is 5.65. The van der Waals surface area contributed by atoms with Crippen molar-refractivity contribution in [1.82, 2.24) is 20.4 Å². The second kappa shape index (κ2) is 10.3. The van der Waals surface area contributed by atoms with Gasteiger partial charge in [0.05, 0.1) is 24.4 Å². The van der Waals surface area contributed by atoms with Crippen LogP contribution in [0.25, 0.3) is 0 Å². The van der Waals surface area contributed by atoms with Gasteiger partial charge in [0, 0.05) is 24.6 Å². The number of nitrogens with one attached hydrogen (secondary N) is 1. The number of benzene rings is 1. The van der Waals surface area contributed by atoms with E-state index in [1.54, 1.807) is 25.4 Å². The summed E-state index contributed by atoms with van der Waals surface area (Å²) in [7, 11) is 5.62. The van der Waals surface area contributed by atoms with E-state index >= 15 is 0 Å². The molecule has 0 aliphatic carbocycles. The van der Waals surface area contributed by atoms with Crippen molar-refractivity contribution in [1.29, 1.82) is 0 Å². The highest BCUT2D eigenvalue weighted by Gasteiger charge is 2.19. The van der Waals surface area contributed by atoms with Crippen LogP contribution in [0.3, 0.4) is 0 Å². The Bertz CT molecular complexity index is 990. The zero-order valence-electron chi connectivity index (χ0n) is 17.6. The molecule has 158 valence electrons. The zero-order chi connectivity index (χ0) is 21.5. The first kappa shape index (κ1) is 21.9. The highest BCUT2D eigenvalue weighted by atomic mass is 32.2. The summed E-state index contributed by atoms with van der Waals surface area (Å²) in [4.78, 5) is 19.4. The summed E-state index contributed by atoms with van der Waals surface area (Å²) >= 11 is 1.46. The molecule has 1 unspecified atom stereocenters. The second-order valence-corrected chi connectivity index (χ2v) is 8.00. The van der Waals surface area contributed by atoms with Crippen molar-refractivity contribution < 1.29 is 14.1 Å². The molecular formula is C22H26N4O3S. The Morgan fingerprint density at radius 3 is 2.80 bits per heavy atom. The number of nitrogens with zero attached hydrogens (tertiary/aromatic N) is 3. The Kier molecular flexibility index (Phi) is 7.48. The van der Waals surface area contributed by atoms with Gasteiger partial charge in [0.2, 0.25) is 0 Å². The molecule has 0 radical (unpaired) electrons. The fourth-order valence-corrected chi connectivity index (χ4v) is 3.91. The van der Waals surface area contributed by atoms with E-state index in [2.05, 4.69) is 20.4 Å². The number of methoxy groups -OCH3 is 1. The Hall–Kier alpha value is -2.84. The standard InChI is InChI=1S/C22H26N4O3S/c1-15-11-17(25-29-15)14-30-22-19(9-6-10-23-22)21(27)24-13-20(26(2)3)16-7-5-8-18(12-16)28-4/h5-12,20H,13-14H2,1-4H3,(H,24,27). The number of aryl methyl sites for hydroxylation is 1. The zero-order valence-corrected chi connectivity index (χ0v) is 18.4. The molecule has 1 atom stereocenters. The summed E-state index contributed by atoms with van der Waals surface area (Å²) in [6.45, 7) is 2.31. The van der Waals surface area contributed by atoms with Gasteiger partial charge in [-0.1, -0.05) is 29.1 Å². The normalized spacial score (nSPS) is 12.0. The molecule has 1 amide bonds. The minimum atomic E-state index is -0.156. The van der Waals surface area contributed by atoms with Crippen LogP contribution in [0.4, 0.5) is 0 Å². The van der Waals surface area contributed by atoms with Gasteiger partial charge in [-0.05, 0) is 50.8 Å². The number of carbonyl (C=O) groups excluding carboxylic acids is 1. The number of hydrogen-bond acceptors (Lipinski definition) is 7. The number of hydrogen-bond donors (Lipinski definition) is 1. The minimum absolute atomic E-state index is 0.00919. The first-order valence-electron chi connectivity index (χ1n) is 9.56. The topological polar surface area (TPSA) is 80.5 Å². The SMILES string of the molecule is COc1cccc(C(CNC(=O)c2cccnc2SCc2cc(C)on2)N(C)C)c1. The van der Waals surface area contributed by atoms with Crippen LogP contribution in [0.1, 0.15) is 33.4 Å². The Morgan fingerprint density at radius 2 is 2.10 bits per heavy atom. The molecule has 0 bridgehead atoms. The van der Waals surface area contributed by atoms with Crippen molar-refractivity contribution in [3.63, 3.8) is 0 Å². The van der Waals surface area contributed by atoms with Crippen LogP contribution in [-0.2, 0) is 5.75 Å². The van der Waals surface area contributed by atoms with E-state index in [9.17, 15) is 4.79 Å². The molecule has 3 aromatic rings. The molecule has 30 heavy (non-hydrogen) atoms. The Balaban J connectivity index is 1.68. The molecule has 8 heteroatoms. The number of amides is 1. The fraction of sp³-hybridized carbons (Fsp3) is 0.318.